The first kappa shape index (κ1) is 37.6. The molecule has 2 saturated heterocycles. The van der Waals surface area contributed by atoms with Crippen molar-refractivity contribution in [2.45, 2.75) is 76.0 Å². The topological polar surface area (TPSA) is 169 Å². The number of nitriles is 1. The van der Waals surface area contributed by atoms with Crippen LogP contribution in [0.2, 0.25) is 0 Å². The molecule has 55 heavy (non-hydrogen) atoms. The summed E-state index contributed by atoms with van der Waals surface area (Å²) in [5.74, 6) is 5.27. The maximum Gasteiger partial charge on any atom is 0.329 e. The highest BCUT2D eigenvalue weighted by Crippen LogP contribution is 2.36. The van der Waals surface area contributed by atoms with Crippen LogP contribution in [0.25, 0.3) is 11.0 Å². The molecule has 2 N–H and O–H groups in total. The molecule has 0 radical (unpaired) electrons. The molecule has 0 spiro atoms. The van der Waals surface area contributed by atoms with Gasteiger partial charge in [-0.15, -0.1) is 0 Å². The van der Waals surface area contributed by atoms with E-state index in [-0.39, 0.29) is 60.0 Å². The van der Waals surface area contributed by atoms with Gasteiger partial charge in [0.1, 0.15) is 18.7 Å². The summed E-state index contributed by atoms with van der Waals surface area (Å²) >= 11 is 0. The largest absolute Gasteiger partial charge is 0.365 e. The number of hydrogen-bond donors (Lipinski definition) is 2. The minimum Gasteiger partial charge on any atom is -0.365 e. The Balaban J connectivity index is 0.875. The summed E-state index contributed by atoms with van der Waals surface area (Å²) in [6.45, 7) is 3.00. The van der Waals surface area contributed by atoms with Crippen LogP contribution in [0, 0.1) is 29.1 Å². The number of nitrogens with zero attached hydrogens (tertiary/aromatic N) is 7. The van der Waals surface area contributed by atoms with E-state index in [2.05, 4.69) is 37.5 Å². The number of alkyl halides is 2. The Morgan fingerprint density at radius 3 is 2.60 bits per heavy atom. The fourth-order valence-corrected chi connectivity index (χ4v) is 7.95. The van der Waals surface area contributed by atoms with Gasteiger partial charge in [0.25, 0.3) is 12.3 Å². The number of anilines is 1. The normalized spacial score (nSPS) is 20.9. The van der Waals surface area contributed by atoms with Gasteiger partial charge in [-0.25, -0.2) is 13.6 Å². The van der Waals surface area contributed by atoms with E-state index in [0.29, 0.717) is 22.5 Å². The number of aromatic nitrogens is 5. The number of para-hydroxylation sites is 1. The monoisotopic (exact) mass is 753 g/mol. The van der Waals surface area contributed by atoms with Crippen LogP contribution in [0.4, 0.5) is 14.5 Å². The number of nitrogens with one attached hydrogen (secondary N) is 2. The molecule has 3 fully saturated rings. The standard InChI is InChI=1S/C39H41F2N9O5/c1-47-35-26(4-2-6-31(35)50(39(47)54)32-11-12-33(51)45-38(32)53)5-3-17-55-29-13-15-48(16-14-29)22-24-7-9-28(10-8-24)49-23-30(34(46-49)36(40)41)44-37(52)27-18-25(19-42)20-43-21-27/h2,4,6,18,20-21,23-24,28-29,32,36H,7-17,22H2,1H3,(H,44,52)(H,45,51,53). The quantitative estimate of drug-likeness (QED) is 0.188. The van der Waals surface area contributed by atoms with Crippen molar-refractivity contribution in [3.63, 3.8) is 0 Å². The number of carbonyl (C=O) groups is 3. The van der Waals surface area contributed by atoms with E-state index >= 15 is 0 Å². The van der Waals surface area contributed by atoms with Crippen molar-refractivity contribution in [2.24, 2.45) is 13.0 Å². The van der Waals surface area contributed by atoms with Crippen LogP contribution >= 0.6 is 0 Å². The maximum atomic E-state index is 13.9. The zero-order valence-electron chi connectivity index (χ0n) is 30.3. The third kappa shape index (κ3) is 8.21. The second-order valence-corrected chi connectivity index (χ2v) is 14.4. The van der Waals surface area contributed by atoms with E-state index in [1.165, 1.54) is 33.8 Å². The predicted octanol–water partition coefficient (Wildman–Crippen LogP) is 4.23. The molecule has 4 aromatic rings. The molecule has 286 valence electrons. The Bertz CT molecular complexity index is 2260. The lowest BCUT2D eigenvalue weighted by molar-refractivity contribution is -0.135. The number of aryl methyl sites for hydroxylation is 1. The van der Waals surface area contributed by atoms with E-state index in [1.807, 2.05) is 12.1 Å². The number of hydrogen-bond acceptors (Lipinski definition) is 9. The van der Waals surface area contributed by atoms with Crippen molar-refractivity contribution in [1.82, 2.24) is 34.1 Å². The zero-order valence-corrected chi connectivity index (χ0v) is 30.3. The summed E-state index contributed by atoms with van der Waals surface area (Å²) in [7, 11) is 1.65. The smallest absolute Gasteiger partial charge is 0.329 e. The van der Waals surface area contributed by atoms with E-state index in [1.54, 1.807) is 23.9 Å². The van der Waals surface area contributed by atoms with Crippen molar-refractivity contribution in [3.8, 4) is 17.9 Å². The van der Waals surface area contributed by atoms with Crippen LogP contribution in [0.15, 0.2) is 47.7 Å². The lowest BCUT2D eigenvalue weighted by atomic mass is 9.85. The highest BCUT2D eigenvalue weighted by atomic mass is 19.3. The minimum atomic E-state index is -2.87. The van der Waals surface area contributed by atoms with Gasteiger partial charge in [0.2, 0.25) is 11.8 Å². The number of ether oxygens (including phenoxy) is 1. The van der Waals surface area contributed by atoms with Crippen molar-refractivity contribution in [2.75, 3.05) is 31.6 Å². The minimum absolute atomic E-state index is 0.0495. The molecule has 5 heterocycles. The van der Waals surface area contributed by atoms with Gasteiger partial charge in [0.15, 0.2) is 5.69 Å². The molecule has 1 aliphatic carbocycles. The number of imide groups is 1. The Morgan fingerprint density at radius 2 is 1.87 bits per heavy atom. The molecular formula is C39H41F2N9O5. The fourth-order valence-electron chi connectivity index (χ4n) is 7.95. The van der Waals surface area contributed by atoms with E-state index < -0.39 is 30.0 Å². The molecular weight excluding hydrogens is 712 g/mol. The first-order valence-corrected chi connectivity index (χ1v) is 18.5. The van der Waals surface area contributed by atoms with Crippen molar-refractivity contribution in [1.29, 1.82) is 5.26 Å². The lowest BCUT2D eigenvalue weighted by Gasteiger charge is -2.36. The van der Waals surface area contributed by atoms with Crippen LogP contribution in [0.1, 0.15) is 97.1 Å². The molecule has 3 amide bonds. The second-order valence-electron chi connectivity index (χ2n) is 14.4. The van der Waals surface area contributed by atoms with Crippen molar-refractivity contribution >= 4 is 34.4 Å². The highest BCUT2D eigenvalue weighted by Gasteiger charge is 2.32. The van der Waals surface area contributed by atoms with Crippen LogP contribution in [-0.4, -0.2) is 78.9 Å². The number of carbonyl (C=O) groups excluding carboxylic acids is 3. The summed E-state index contributed by atoms with van der Waals surface area (Å²) in [6, 6.07) is 7.87. The fraction of sp³-hybridized carbons (Fsp3) is 0.462. The molecule has 3 aliphatic rings. The molecule has 1 atom stereocenters. The summed E-state index contributed by atoms with van der Waals surface area (Å²) in [6.07, 6.45) is 6.93. The van der Waals surface area contributed by atoms with Crippen LogP contribution < -0.4 is 16.3 Å². The molecule has 1 unspecified atom stereocenters. The first-order chi connectivity index (χ1) is 26.6. The van der Waals surface area contributed by atoms with Gasteiger partial charge >= 0.3 is 5.69 Å². The Labute approximate surface area is 315 Å². The third-order valence-corrected chi connectivity index (χ3v) is 10.8. The van der Waals surface area contributed by atoms with E-state index in [0.717, 1.165) is 58.2 Å². The maximum absolute atomic E-state index is 13.9. The summed E-state index contributed by atoms with van der Waals surface area (Å²) in [5, 5.41) is 18.1. The number of benzene rings is 1. The molecule has 14 nitrogen and oxygen atoms in total. The van der Waals surface area contributed by atoms with Gasteiger partial charge in [-0.3, -0.25) is 38.5 Å². The summed E-state index contributed by atoms with van der Waals surface area (Å²) in [4.78, 5) is 56.5. The Hall–Kier alpha value is -5.71. The Kier molecular flexibility index (Phi) is 11.2. The highest BCUT2D eigenvalue weighted by molar-refractivity contribution is 6.04. The van der Waals surface area contributed by atoms with Crippen LogP contribution in [0.5, 0.6) is 0 Å². The zero-order chi connectivity index (χ0) is 38.6. The second kappa shape index (κ2) is 16.3. The number of likely N-dealkylation sites (tertiary alicyclic amines) is 1. The Morgan fingerprint density at radius 1 is 1.09 bits per heavy atom. The van der Waals surface area contributed by atoms with E-state index in [9.17, 15) is 28.0 Å². The number of pyridine rings is 1. The van der Waals surface area contributed by atoms with Gasteiger partial charge in [-0.2, -0.15) is 10.4 Å². The average molecular weight is 754 g/mol. The van der Waals surface area contributed by atoms with Gasteiger partial charge in [-0.05, 0) is 69.1 Å². The van der Waals surface area contributed by atoms with Crippen LogP contribution in [-0.2, 0) is 21.4 Å². The number of fused-ring (bicyclic) bond motifs is 1. The molecule has 16 heteroatoms. The SMILES string of the molecule is Cn1c(=O)n(C2CCC(=O)NC2=O)c2cccc(C#CCOC3CCN(CC4CCC(n5cc(NC(=O)c6cncc(C#N)c6)c(C(F)F)n5)CC4)CC3)c21. The first-order valence-electron chi connectivity index (χ1n) is 18.5. The molecule has 0 bridgehead atoms. The van der Waals surface area contributed by atoms with Gasteiger partial charge < -0.3 is 15.0 Å². The molecule has 7 rings (SSSR count). The van der Waals surface area contributed by atoms with Crippen molar-refractivity contribution < 1.29 is 27.9 Å². The lowest BCUT2D eigenvalue weighted by Crippen LogP contribution is -2.44. The van der Waals surface area contributed by atoms with E-state index in [4.69, 9.17) is 10.00 Å². The summed E-state index contributed by atoms with van der Waals surface area (Å²) in [5.41, 5.74) is 1.29. The number of imidazole rings is 1. The number of rotatable bonds is 9. The average Bonchev–Trinajstić information content (AvgIpc) is 3.72. The van der Waals surface area contributed by atoms with Crippen molar-refractivity contribution in [3.05, 3.63) is 75.7 Å². The molecule has 1 saturated carbocycles. The summed E-state index contributed by atoms with van der Waals surface area (Å²) < 4.78 is 38.4. The van der Waals surface area contributed by atoms with Gasteiger partial charge in [0.05, 0.1) is 45.6 Å². The van der Waals surface area contributed by atoms with Gasteiger partial charge in [-0.1, -0.05) is 17.9 Å². The van der Waals surface area contributed by atoms with Gasteiger partial charge in [0, 0.05) is 51.7 Å². The number of halogens is 2. The van der Waals surface area contributed by atoms with Crippen LogP contribution in [0.3, 0.4) is 0 Å². The predicted molar refractivity (Wildman–Crippen MR) is 196 cm³/mol. The third-order valence-electron chi connectivity index (χ3n) is 10.8. The molecule has 2 aliphatic heterocycles. The number of piperidine rings is 2. The molecule has 1 aromatic carbocycles. The molecule has 3 aromatic heterocycles. The number of amides is 3.